The van der Waals surface area contributed by atoms with Gasteiger partial charge in [0.2, 0.25) is 5.91 Å². The molecule has 1 heterocycles. The maximum Gasteiger partial charge on any atom is 0.282 e. The van der Waals surface area contributed by atoms with Gasteiger partial charge in [-0.15, -0.1) is 5.10 Å². The molecule has 1 aliphatic rings. The van der Waals surface area contributed by atoms with E-state index in [4.69, 9.17) is 0 Å². The molecule has 1 aromatic heterocycles. The number of nitro benzene ring substituents is 1. The fraction of sp³-hybridized carbons (Fsp3) is 0.312. The number of carbonyl (C=O) groups excluding carboxylic acids is 2. The summed E-state index contributed by atoms with van der Waals surface area (Å²) in [6.07, 6.45) is 3.35. The number of aromatic nitrogens is 2. The predicted molar refractivity (Wildman–Crippen MR) is 86.2 cm³/mol. The van der Waals surface area contributed by atoms with E-state index in [1.807, 2.05) is 0 Å². The summed E-state index contributed by atoms with van der Waals surface area (Å²) in [5.74, 6) is -0.522. The molecule has 1 N–H and O–H groups in total. The van der Waals surface area contributed by atoms with Crippen LogP contribution in [0.2, 0.25) is 0 Å². The number of anilines is 1. The number of hydrogen-bond acceptors (Lipinski definition) is 5. The molecule has 124 valence electrons. The van der Waals surface area contributed by atoms with E-state index in [9.17, 15) is 19.7 Å². The summed E-state index contributed by atoms with van der Waals surface area (Å²) in [7, 11) is 0. The molecule has 8 heteroatoms. The van der Waals surface area contributed by atoms with E-state index in [2.05, 4.69) is 10.4 Å². The van der Waals surface area contributed by atoms with Gasteiger partial charge in [0, 0.05) is 18.6 Å². The standard InChI is InChI=1S/C16H16N4O4/c1-10(21)19-13-8-4-2-6-11(13)15(18-19)17-16(22)12-7-3-5-9-14(12)20(23)24/h3,5,7,9H,2,4,6,8H2,1H3,(H,17,18,22). The second kappa shape index (κ2) is 6.23. The van der Waals surface area contributed by atoms with Crippen LogP contribution >= 0.6 is 0 Å². The van der Waals surface area contributed by atoms with Gasteiger partial charge in [-0.25, -0.2) is 4.68 Å². The minimum atomic E-state index is -0.608. The Morgan fingerprint density at radius 1 is 1.25 bits per heavy atom. The number of amides is 1. The molecular formula is C16H16N4O4. The van der Waals surface area contributed by atoms with E-state index in [1.54, 1.807) is 6.07 Å². The Balaban J connectivity index is 1.96. The molecule has 0 aliphatic heterocycles. The van der Waals surface area contributed by atoms with E-state index in [1.165, 1.54) is 29.8 Å². The van der Waals surface area contributed by atoms with Crippen LogP contribution in [-0.2, 0) is 12.8 Å². The second-order valence-corrected chi connectivity index (χ2v) is 5.64. The van der Waals surface area contributed by atoms with E-state index in [0.29, 0.717) is 5.82 Å². The summed E-state index contributed by atoms with van der Waals surface area (Å²) in [6, 6.07) is 5.73. The summed E-state index contributed by atoms with van der Waals surface area (Å²) >= 11 is 0. The van der Waals surface area contributed by atoms with Crippen LogP contribution in [0.25, 0.3) is 0 Å². The van der Waals surface area contributed by atoms with Gasteiger partial charge in [-0.3, -0.25) is 19.7 Å². The lowest BCUT2D eigenvalue weighted by Crippen LogP contribution is -2.16. The van der Waals surface area contributed by atoms with Crippen molar-refractivity contribution >= 4 is 23.3 Å². The molecule has 1 amide bonds. The van der Waals surface area contributed by atoms with E-state index < -0.39 is 10.8 Å². The molecule has 3 rings (SSSR count). The summed E-state index contributed by atoms with van der Waals surface area (Å²) in [4.78, 5) is 34.7. The van der Waals surface area contributed by atoms with Crippen molar-refractivity contribution in [3.63, 3.8) is 0 Å². The molecule has 0 saturated carbocycles. The van der Waals surface area contributed by atoms with Crippen molar-refractivity contribution in [2.75, 3.05) is 5.32 Å². The molecular weight excluding hydrogens is 312 g/mol. The molecule has 2 aromatic rings. The summed E-state index contributed by atoms with van der Waals surface area (Å²) < 4.78 is 1.31. The third-order valence-corrected chi connectivity index (χ3v) is 4.06. The Morgan fingerprint density at radius 2 is 1.96 bits per heavy atom. The third-order valence-electron chi connectivity index (χ3n) is 4.06. The number of fused-ring (bicyclic) bond motifs is 1. The maximum atomic E-state index is 12.5. The Bertz CT molecular complexity index is 841. The third kappa shape index (κ3) is 2.78. The average Bonchev–Trinajstić information content (AvgIpc) is 2.94. The van der Waals surface area contributed by atoms with Gasteiger partial charge in [0.05, 0.1) is 10.6 Å². The van der Waals surface area contributed by atoms with Gasteiger partial charge < -0.3 is 5.32 Å². The van der Waals surface area contributed by atoms with Crippen molar-refractivity contribution in [1.29, 1.82) is 0 Å². The Labute approximate surface area is 137 Å². The molecule has 24 heavy (non-hydrogen) atoms. The first-order valence-corrected chi connectivity index (χ1v) is 7.65. The normalized spacial score (nSPS) is 13.2. The molecule has 8 nitrogen and oxygen atoms in total. The first-order chi connectivity index (χ1) is 11.5. The van der Waals surface area contributed by atoms with Crippen LogP contribution in [0, 0.1) is 10.1 Å². The highest BCUT2D eigenvalue weighted by Gasteiger charge is 2.26. The van der Waals surface area contributed by atoms with E-state index in [-0.39, 0.29) is 17.2 Å². The number of benzene rings is 1. The van der Waals surface area contributed by atoms with E-state index >= 15 is 0 Å². The predicted octanol–water partition coefficient (Wildman–Crippen LogP) is 2.58. The minimum Gasteiger partial charge on any atom is -0.305 e. The summed E-state index contributed by atoms with van der Waals surface area (Å²) in [6.45, 7) is 1.41. The van der Waals surface area contributed by atoms with Crippen molar-refractivity contribution in [1.82, 2.24) is 9.78 Å². The fourth-order valence-corrected chi connectivity index (χ4v) is 2.96. The molecule has 0 radical (unpaired) electrons. The van der Waals surface area contributed by atoms with Gasteiger partial charge in [0.1, 0.15) is 5.56 Å². The molecule has 0 unspecified atom stereocenters. The van der Waals surface area contributed by atoms with Crippen LogP contribution in [0.4, 0.5) is 11.5 Å². The average molecular weight is 328 g/mol. The van der Waals surface area contributed by atoms with Crippen LogP contribution in [0.1, 0.15) is 46.2 Å². The highest BCUT2D eigenvalue weighted by Crippen LogP contribution is 2.28. The topological polar surface area (TPSA) is 107 Å². The van der Waals surface area contributed by atoms with Crippen LogP contribution in [0.3, 0.4) is 0 Å². The Hall–Kier alpha value is -3.03. The van der Waals surface area contributed by atoms with Gasteiger partial charge >= 0.3 is 0 Å². The summed E-state index contributed by atoms with van der Waals surface area (Å²) in [5, 5.41) is 17.9. The van der Waals surface area contributed by atoms with E-state index in [0.717, 1.165) is 36.9 Å². The lowest BCUT2D eigenvalue weighted by molar-refractivity contribution is -0.385. The number of hydrogen-bond donors (Lipinski definition) is 1. The quantitative estimate of drug-likeness (QED) is 0.688. The zero-order valence-electron chi connectivity index (χ0n) is 13.1. The smallest absolute Gasteiger partial charge is 0.282 e. The Morgan fingerprint density at radius 3 is 2.67 bits per heavy atom. The van der Waals surface area contributed by atoms with Crippen molar-refractivity contribution in [3.8, 4) is 0 Å². The number of nitro groups is 1. The highest BCUT2D eigenvalue weighted by molar-refractivity contribution is 6.07. The van der Waals surface area contributed by atoms with Crippen molar-refractivity contribution < 1.29 is 14.5 Å². The van der Waals surface area contributed by atoms with Gasteiger partial charge in [-0.1, -0.05) is 12.1 Å². The molecule has 0 bridgehead atoms. The largest absolute Gasteiger partial charge is 0.305 e. The first-order valence-electron chi connectivity index (χ1n) is 7.65. The van der Waals surface area contributed by atoms with Crippen molar-refractivity contribution in [3.05, 3.63) is 51.2 Å². The summed E-state index contributed by atoms with van der Waals surface area (Å²) in [5.41, 5.74) is 1.34. The SMILES string of the molecule is CC(=O)n1nc(NC(=O)c2ccccc2[N+](=O)[O-])c2c1CCCC2. The monoisotopic (exact) mass is 328 g/mol. The van der Waals surface area contributed by atoms with Crippen LogP contribution in [0.15, 0.2) is 24.3 Å². The maximum absolute atomic E-state index is 12.5. The second-order valence-electron chi connectivity index (χ2n) is 5.64. The number of carbonyl (C=O) groups is 2. The highest BCUT2D eigenvalue weighted by atomic mass is 16.6. The lowest BCUT2D eigenvalue weighted by Gasteiger charge is -2.12. The lowest BCUT2D eigenvalue weighted by atomic mass is 9.97. The number of nitrogens with one attached hydrogen (secondary N) is 1. The van der Waals surface area contributed by atoms with Crippen LogP contribution in [-0.4, -0.2) is 26.5 Å². The zero-order chi connectivity index (χ0) is 17.3. The van der Waals surface area contributed by atoms with Gasteiger partial charge in [-0.2, -0.15) is 0 Å². The molecule has 0 saturated heterocycles. The van der Waals surface area contributed by atoms with Gasteiger partial charge in [0.25, 0.3) is 11.6 Å². The molecule has 0 atom stereocenters. The molecule has 0 fully saturated rings. The minimum absolute atomic E-state index is 0.0376. The zero-order valence-corrected chi connectivity index (χ0v) is 13.1. The fourth-order valence-electron chi connectivity index (χ4n) is 2.96. The van der Waals surface area contributed by atoms with Crippen LogP contribution < -0.4 is 5.32 Å². The first kappa shape index (κ1) is 15.9. The van der Waals surface area contributed by atoms with Crippen LogP contribution in [0.5, 0.6) is 0 Å². The molecule has 1 aromatic carbocycles. The van der Waals surface area contributed by atoms with Crippen molar-refractivity contribution in [2.24, 2.45) is 0 Å². The van der Waals surface area contributed by atoms with Gasteiger partial charge in [-0.05, 0) is 31.7 Å². The molecule has 1 aliphatic carbocycles. The van der Waals surface area contributed by atoms with Gasteiger partial charge in [0.15, 0.2) is 5.82 Å². The number of rotatable bonds is 3. The number of nitrogens with zero attached hydrogens (tertiary/aromatic N) is 3. The number of para-hydroxylation sites is 1. The molecule has 0 spiro atoms. The Kier molecular flexibility index (Phi) is 4.11. The van der Waals surface area contributed by atoms with Crippen molar-refractivity contribution in [2.45, 2.75) is 32.6 Å².